The number of fused-ring (bicyclic) bond motifs is 2. The number of ether oxygens (including phenoxy) is 1. The molecule has 580 valence electrons. The summed E-state index contributed by atoms with van der Waals surface area (Å²) in [4.78, 5) is 107. The van der Waals surface area contributed by atoms with E-state index in [2.05, 4.69) is 89.6 Å². The van der Waals surface area contributed by atoms with E-state index < -0.39 is 112 Å². The molecule has 0 saturated carbocycles. The number of benzene rings is 4. The molecule has 34 heteroatoms. The van der Waals surface area contributed by atoms with E-state index in [-0.39, 0.29) is 108 Å². The molecule has 0 fully saturated rings. The van der Waals surface area contributed by atoms with E-state index in [0.717, 1.165) is 57.0 Å². The summed E-state index contributed by atoms with van der Waals surface area (Å²) in [5.41, 5.74) is 8.47. The van der Waals surface area contributed by atoms with E-state index in [9.17, 15) is 69.7 Å². The smallest absolute Gasteiger partial charge is 0.425 e. The lowest BCUT2D eigenvalue weighted by Gasteiger charge is -2.28. The van der Waals surface area contributed by atoms with Gasteiger partial charge in [0.15, 0.2) is 5.71 Å². The molecule has 3 atom stereocenters. The number of nitrogens with zero attached hydrogens (tertiary/aromatic N) is 2. The lowest BCUT2D eigenvalue weighted by molar-refractivity contribution is -0.438. The van der Waals surface area contributed by atoms with Crippen molar-refractivity contribution in [2.45, 2.75) is 154 Å². The summed E-state index contributed by atoms with van der Waals surface area (Å²) in [5, 5.41) is 36.4. The lowest BCUT2D eigenvalue weighted by atomic mass is 9.81. The number of aliphatic carboxylic acids is 3. The minimum Gasteiger partial charge on any atom is -0.748 e. The summed E-state index contributed by atoms with van der Waals surface area (Å²) in [6.07, 6.45) is 11.3. The Kier molecular flexibility index (Phi) is 36.5. The number of unbranched alkanes of at least 4 members (excludes halogenated alkanes) is 2. The molecule has 7 rings (SSSR count). The van der Waals surface area contributed by atoms with Gasteiger partial charge in [-0.05, 0) is 143 Å². The average molecular weight is 1560 g/mol. The standard InChI is InChI=1S/C72H89N5O17S2.CO2.2O3S/c1-71(2)58-24-8-10-26-61(58)76(41-12-14-43-95(88,89)90)63(71)37-31-51-21-16-22-52(32-38-64-72(3,4)59-25-9-11-27-62(59)77(64)42-13-15-44-96(91,92)93)66(51)94-57-34-29-50(30-35-57)46-54(68(83)84)48-55(78)23-17-39-73-67(82)53(45-49-19-6-5-7-20-49)47-56(79)33-36-60(69(85)86)75-70(87)74-40-18-28-65(80)81;2-1-3;2*1-4(2)3/h5-11,19-20,24-27,29-32,34-35,37-38,53-54,60H,12-18,21-23,28,33,36,39-48H2,1-4H3,(H7-,73,74,75,80,81,82,83,84,85,86,87,88,89,90,91,92,93);;;/t53-,54?,60+;;;/m1.../s1. The normalized spacial score (nSPS) is 15.6. The highest BCUT2D eigenvalue weighted by molar-refractivity contribution is 7.85. The molecule has 107 heavy (non-hydrogen) atoms. The number of Topliss-reactive ketones (excluding diaryl/α,β-unsaturated/α-hetero) is 2. The molecule has 0 bridgehead atoms. The Morgan fingerprint density at radius 2 is 1.21 bits per heavy atom. The molecule has 1 unspecified atom stereocenters. The molecule has 2 heterocycles. The zero-order chi connectivity index (χ0) is 79.7. The number of urea groups is 1. The molecule has 3 aliphatic rings. The first kappa shape index (κ1) is 89.4. The van der Waals surface area contributed by atoms with Crippen molar-refractivity contribution < 1.29 is 119 Å². The number of rotatable bonds is 38. The molecule has 0 aromatic heterocycles. The van der Waals surface area contributed by atoms with Crippen LogP contribution >= 0.6 is 0 Å². The van der Waals surface area contributed by atoms with Crippen LogP contribution in [0.3, 0.4) is 0 Å². The quantitative estimate of drug-likeness (QED) is 0.0130. The summed E-state index contributed by atoms with van der Waals surface area (Å²) in [5.74, 6) is -6.44. The Labute approximate surface area is 623 Å². The maximum atomic E-state index is 13.7. The summed E-state index contributed by atoms with van der Waals surface area (Å²) in [7, 11) is -14.7. The number of nitrogens with one attached hydrogen (secondary N) is 3. The van der Waals surface area contributed by atoms with Crippen LogP contribution in [0.15, 0.2) is 150 Å². The van der Waals surface area contributed by atoms with Crippen molar-refractivity contribution in [2.75, 3.05) is 42.6 Å². The Hall–Kier alpha value is -9.96. The fourth-order valence-electron chi connectivity index (χ4n) is 12.7. The van der Waals surface area contributed by atoms with Crippen LogP contribution in [0.5, 0.6) is 5.75 Å². The molecule has 7 N–H and O–H groups in total. The third-order valence-corrected chi connectivity index (χ3v) is 19.3. The first-order chi connectivity index (χ1) is 50.4. The van der Waals surface area contributed by atoms with Gasteiger partial charge in [-0.15, -0.1) is 25.3 Å². The van der Waals surface area contributed by atoms with Crippen LogP contribution in [0.2, 0.25) is 0 Å². The van der Waals surface area contributed by atoms with Gasteiger partial charge in [-0.1, -0.05) is 98.8 Å². The van der Waals surface area contributed by atoms with Crippen LogP contribution in [0.1, 0.15) is 146 Å². The molecule has 0 saturated heterocycles. The molecule has 2 aliphatic heterocycles. The molecule has 4 aromatic carbocycles. The van der Waals surface area contributed by atoms with E-state index in [1.807, 2.05) is 36.4 Å². The summed E-state index contributed by atoms with van der Waals surface area (Å²) in [6, 6.07) is 29.9. The van der Waals surface area contributed by atoms with Crippen molar-refractivity contribution in [3.05, 3.63) is 172 Å². The molecular weight excluding hydrogens is 1480 g/mol. The van der Waals surface area contributed by atoms with Crippen LogP contribution in [0, 0.1) is 11.8 Å². The number of carbonyl (C=O) groups excluding carboxylic acids is 6. The minimum absolute atomic E-state index is 0.00481. The van der Waals surface area contributed by atoms with E-state index >= 15 is 0 Å². The number of para-hydroxylation sites is 2. The Balaban J connectivity index is 0.00000206. The minimum atomic E-state index is -4.39. The van der Waals surface area contributed by atoms with Gasteiger partial charge in [0.2, 0.25) is 11.6 Å². The lowest BCUT2D eigenvalue weighted by Crippen LogP contribution is -2.46. The average Bonchev–Trinajstić information content (AvgIpc) is 1.60. The van der Waals surface area contributed by atoms with Crippen molar-refractivity contribution in [2.24, 2.45) is 11.8 Å². The number of amides is 3. The second kappa shape index (κ2) is 43.6. The van der Waals surface area contributed by atoms with E-state index in [1.165, 1.54) is 0 Å². The topological polar surface area (TPSA) is 480 Å². The molecule has 1 aliphatic carbocycles. The number of carboxylic acids is 3. The molecule has 0 radical (unpaired) electrons. The summed E-state index contributed by atoms with van der Waals surface area (Å²) in [6.45, 7) is 9.59. The molecule has 30 nitrogen and oxygen atoms in total. The summed E-state index contributed by atoms with van der Waals surface area (Å²) < 4.78 is 127. The van der Waals surface area contributed by atoms with Gasteiger partial charge < -0.3 is 45.5 Å². The number of ketones is 2. The fraction of sp³-hybridized carbons (Fsp3) is 0.438. The van der Waals surface area contributed by atoms with Gasteiger partial charge in [0.05, 0.1) is 27.2 Å². The van der Waals surface area contributed by atoms with E-state index in [4.69, 9.17) is 44.7 Å². The van der Waals surface area contributed by atoms with Gasteiger partial charge in [0, 0.05) is 104 Å². The van der Waals surface area contributed by atoms with Gasteiger partial charge in [0.25, 0.3) is 10.1 Å². The van der Waals surface area contributed by atoms with Crippen molar-refractivity contribution in [3.63, 3.8) is 0 Å². The van der Waals surface area contributed by atoms with E-state index in [1.54, 1.807) is 54.6 Å². The maximum Gasteiger partial charge on any atom is 0.425 e. The number of hydrogen-bond donors (Lipinski definition) is 7. The van der Waals surface area contributed by atoms with Crippen LogP contribution in [-0.4, -0.2) is 168 Å². The number of carboxylic acid groups (broad SMARTS) is 3. The highest BCUT2D eigenvalue weighted by atomic mass is 32.2. The molecule has 3 amide bonds. The third-order valence-electron chi connectivity index (χ3n) is 17.7. The molecule has 0 spiro atoms. The van der Waals surface area contributed by atoms with E-state index in [0.29, 0.717) is 55.8 Å². The van der Waals surface area contributed by atoms with Crippen LogP contribution in [0.25, 0.3) is 0 Å². The predicted molar refractivity (Wildman–Crippen MR) is 387 cm³/mol. The first-order valence-corrected chi connectivity index (χ1v) is 39.3. The second-order valence-corrected chi connectivity index (χ2v) is 30.2. The van der Waals surface area contributed by atoms with Crippen LogP contribution in [0.4, 0.5) is 16.2 Å². The largest absolute Gasteiger partial charge is 0.748 e. The van der Waals surface area contributed by atoms with Crippen LogP contribution in [-0.2, 0) is 103 Å². The second-order valence-electron chi connectivity index (χ2n) is 26.3. The number of allylic oxidation sites excluding steroid dienone is 7. The first-order valence-electron chi connectivity index (χ1n) is 34.1. The zero-order valence-corrected chi connectivity index (χ0v) is 62.8. The van der Waals surface area contributed by atoms with Crippen LogP contribution < -0.4 is 25.6 Å². The van der Waals surface area contributed by atoms with Gasteiger partial charge >= 0.3 is 51.3 Å². The number of anilines is 1. The van der Waals surface area contributed by atoms with Gasteiger partial charge in [-0.3, -0.25) is 28.5 Å². The molecular formula is C73H89N5O25S4. The van der Waals surface area contributed by atoms with Crippen molar-refractivity contribution in [1.29, 1.82) is 0 Å². The predicted octanol–water partition coefficient (Wildman–Crippen LogP) is 7.46. The van der Waals surface area contributed by atoms with Gasteiger partial charge in [-0.2, -0.15) is 22.6 Å². The fourth-order valence-corrected chi connectivity index (χ4v) is 13.8. The van der Waals surface area contributed by atoms with Crippen molar-refractivity contribution in [1.82, 2.24) is 16.0 Å². The van der Waals surface area contributed by atoms with Crippen molar-refractivity contribution >= 4 is 106 Å². The third kappa shape index (κ3) is 31.2. The Bertz CT molecular complexity index is 4450. The molecule has 4 aromatic rings. The monoisotopic (exact) mass is 1560 g/mol. The zero-order valence-electron chi connectivity index (χ0n) is 59.5. The van der Waals surface area contributed by atoms with Crippen molar-refractivity contribution in [3.8, 4) is 5.75 Å². The number of hydrogen-bond acceptors (Lipinski definition) is 22. The highest BCUT2D eigenvalue weighted by Gasteiger charge is 2.44. The Morgan fingerprint density at radius 1 is 0.645 bits per heavy atom. The van der Waals surface area contributed by atoms with Gasteiger partial charge in [0.1, 0.15) is 35.7 Å². The highest BCUT2D eigenvalue weighted by Crippen LogP contribution is 2.48. The SMILES string of the molecule is CC1(C)C(=CC=C2CCCC(C=CC3=[N+](CCCCS(=O)(=O)O)c4ccccc4C3(C)C)=C2Oc2ccc(CC(CC(=O)CCCNC(=O)[C@@H](CC(=O)CC[C@H](NC(=O)NCCCC(=O)O)C(=O)O)Cc3ccccc3)C(=O)O)cc2)N(CCCCS(=O)(=O)[O-])c2ccccc21.O=C=O.O=S(=O)=O.O=S(=O)=O. The number of carbonyl (C=O) groups is 7. The van der Waals surface area contributed by atoms with Gasteiger partial charge in [-0.25, -0.2) is 18.0 Å². The maximum absolute atomic E-state index is 13.7. The Morgan fingerprint density at radius 3 is 1.82 bits per heavy atom. The summed E-state index contributed by atoms with van der Waals surface area (Å²) >= 11 is 0.